The molecule has 4 rings (SSSR count). The van der Waals surface area contributed by atoms with Gasteiger partial charge in [-0.3, -0.25) is 9.78 Å². The highest BCUT2D eigenvalue weighted by Gasteiger charge is 2.34. The van der Waals surface area contributed by atoms with Gasteiger partial charge in [-0.25, -0.2) is 4.39 Å². The summed E-state index contributed by atoms with van der Waals surface area (Å²) in [5.41, 5.74) is 1.31. The van der Waals surface area contributed by atoms with E-state index < -0.39 is 18.1 Å². The Morgan fingerprint density at radius 2 is 2.17 bits per heavy atom. The molecule has 3 atom stereocenters. The number of methoxy groups -OCH3 is 1. The van der Waals surface area contributed by atoms with Crippen LogP contribution in [0.3, 0.4) is 0 Å². The van der Waals surface area contributed by atoms with Crippen molar-refractivity contribution in [3.8, 4) is 5.75 Å². The van der Waals surface area contributed by atoms with Gasteiger partial charge in [0.25, 0.3) is 0 Å². The Hall–Kier alpha value is -2.78. The van der Waals surface area contributed by atoms with Gasteiger partial charge in [0.2, 0.25) is 0 Å². The summed E-state index contributed by atoms with van der Waals surface area (Å²) in [6.45, 7) is 2.23. The second kappa shape index (κ2) is 12.3. The van der Waals surface area contributed by atoms with Gasteiger partial charge in [-0.2, -0.15) is 10.2 Å². The second-order valence-corrected chi connectivity index (χ2v) is 10.1. The molecule has 0 aliphatic carbocycles. The van der Waals surface area contributed by atoms with E-state index in [0.717, 1.165) is 47.5 Å². The number of aliphatic carboxylic acids is 1. The number of pyridine rings is 1. The molecule has 186 valence electrons. The topological polar surface area (TPSA) is 88.4 Å². The Kier molecular flexibility index (Phi) is 8.87. The van der Waals surface area contributed by atoms with Crippen LogP contribution in [0, 0.1) is 11.8 Å². The first-order valence-corrected chi connectivity index (χ1v) is 12.9. The molecule has 7 nitrogen and oxygen atoms in total. The van der Waals surface area contributed by atoms with E-state index in [-0.39, 0.29) is 5.92 Å². The minimum absolute atomic E-state index is 0.0260. The van der Waals surface area contributed by atoms with Crippen molar-refractivity contribution in [2.75, 3.05) is 32.5 Å². The van der Waals surface area contributed by atoms with Crippen LogP contribution in [-0.2, 0) is 4.79 Å². The minimum Gasteiger partial charge on any atom is -0.497 e. The van der Waals surface area contributed by atoms with E-state index in [1.165, 1.54) is 0 Å². The molecule has 3 aromatic rings. The third-order valence-electron chi connectivity index (χ3n) is 6.71. The smallest absolute Gasteiger partial charge is 0.308 e. The number of halogens is 1. The fourth-order valence-corrected chi connectivity index (χ4v) is 5.59. The van der Waals surface area contributed by atoms with E-state index in [1.54, 1.807) is 43.5 Å². The standard InChI is InChI=1S/C26H31FN4O3S/c1-34-19-4-6-25-22(15-19)21(8-10-28-25)24(27)5-3-18-9-13-31(17-23(18)26(32)33)12-2-14-35-20-7-11-29-30-16-20/h4,6-8,10-11,15-16,18,23-24H,2-3,5,9,12-14,17H2,1H3,(H,32,33)/t18-,23+,24-/m1/s1. The molecule has 35 heavy (non-hydrogen) atoms. The first-order valence-electron chi connectivity index (χ1n) is 12.0. The van der Waals surface area contributed by atoms with Gasteiger partial charge in [0.15, 0.2) is 0 Å². The zero-order valence-electron chi connectivity index (χ0n) is 19.8. The van der Waals surface area contributed by atoms with Crippen LogP contribution in [0.25, 0.3) is 10.9 Å². The number of piperidine rings is 1. The van der Waals surface area contributed by atoms with E-state index in [1.807, 2.05) is 24.3 Å². The lowest BCUT2D eigenvalue weighted by atomic mass is 9.81. The lowest BCUT2D eigenvalue weighted by Crippen LogP contribution is -2.44. The van der Waals surface area contributed by atoms with E-state index in [0.29, 0.717) is 30.7 Å². The van der Waals surface area contributed by atoms with Crippen LogP contribution in [-0.4, -0.2) is 63.7 Å². The fourth-order valence-electron chi connectivity index (χ4n) is 4.80. The number of ether oxygens (including phenoxy) is 1. The Morgan fingerprint density at radius 3 is 2.94 bits per heavy atom. The van der Waals surface area contributed by atoms with Gasteiger partial charge in [-0.1, -0.05) is 0 Å². The molecule has 1 N–H and O–H groups in total. The molecule has 9 heteroatoms. The number of carboxylic acids is 1. The average Bonchev–Trinajstić information content (AvgIpc) is 2.89. The molecule has 0 unspecified atom stereocenters. The minimum atomic E-state index is -1.18. The number of carbonyl (C=O) groups is 1. The molecule has 0 spiro atoms. The molecule has 1 saturated heterocycles. The van der Waals surface area contributed by atoms with Gasteiger partial charge >= 0.3 is 5.97 Å². The monoisotopic (exact) mass is 498 g/mol. The summed E-state index contributed by atoms with van der Waals surface area (Å²) in [5.74, 6) is 0.320. The van der Waals surface area contributed by atoms with Gasteiger partial charge in [0, 0.05) is 23.0 Å². The molecule has 2 aromatic heterocycles. The lowest BCUT2D eigenvalue weighted by molar-refractivity contribution is -0.146. The maximum atomic E-state index is 15.4. The molecule has 3 heterocycles. The van der Waals surface area contributed by atoms with Crippen LogP contribution < -0.4 is 4.74 Å². The van der Waals surface area contributed by atoms with Gasteiger partial charge in [0.1, 0.15) is 11.9 Å². The number of nitrogens with zero attached hydrogens (tertiary/aromatic N) is 4. The molecule has 1 aromatic carbocycles. The SMILES string of the molecule is COc1ccc2nccc([C@H](F)CC[C@@H]3CCN(CCCSc4ccnnc4)C[C@@H]3C(=O)O)c2c1. The first kappa shape index (κ1) is 25.3. The largest absolute Gasteiger partial charge is 0.497 e. The maximum absolute atomic E-state index is 15.4. The highest BCUT2D eigenvalue weighted by molar-refractivity contribution is 7.99. The van der Waals surface area contributed by atoms with Crippen LogP contribution >= 0.6 is 11.8 Å². The predicted octanol–water partition coefficient (Wildman–Crippen LogP) is 5.03. The average molecular weight is 499 g/mol. The lowest BCUT2D eigenvalue weighted by Gasteiger charge is -2.36. The molecule has 0 amide bonds. The van der Waals surface area contributed by atoms with Gasteiger partial charge in [-0.05, 0) is 86.3 Å². The van der Waals surface area contributed by atoms with Gasteiger partial charge in [0.05, 0.1) is 30.9 Å². The highest BCUT2D eigenvalue weighted by atomic mass is 32.2. The summed E-state index contributed by atoms with van der Waals surface area (Å²) < 4.78 is 20.7. The number of fused-ring (bicyclic) bond motifs is 1. The zero-order chi connectivity index (χ0) is 24.6. The van der Waals surface area contributed by atoms with Crippen LogP contribution in [0.5, 0.6) is 5.75 Å². The molecule has 1 fully saturated rings. The number of alkyl halides is 1. The molecule has 1 aliphatic rings. The van der Waals surface area contributed by atoms with Crippen molar-refractivity contribution in [3.63, 3.8) is 0 Å². The molecule has 0 bridgehead atoms. The van der Waals surface area contributed by atoms with Crippen molar-refractivity contribution in [3.05, 3.63) is 54.5 Å². The highest BCUT2D eigenvalue weighted by Crippen LogP contribution is 2.35. The summed E-state index contributed by atoms with van der Waals surface area (Å²) in [6, 6.07) is 9.10. The number of thioether (sulfide) groups is 1. The third kappa shape index (κ3) is 6.67. The predicted molar refractivity (Wildman–Crippen MR) is 134 cm³/mol. The van der Waals surface area contributed by atoms with Crippen molar-refractivity contribution < 1.29 is 19.0 Å². The number of aromatic nitrogens is 3. The van der Waals surface area contributed by atoms with E-state index >= 15 is 4.39 Å². The molecule has 1 aliphatic heterocycles. The molecule has 0 saturated carbocycles. The van der Waals surface area contributed by atoms with Crippen LogP contribution in [0.1, 0.15) is 37.4 Å². The van der Waals surface area contributed by atoms with E-state index in [9.17, 15) is 9.90 Å². The summed E-state index contributed by atoms with van der Waals surface area (Å²) in [6.07, 6.45) is 6.45. The van der Waals surface area contributed by atoms with E-state index in [2.05, 4.69) is 20.1 Å². The van der Waals surface area contributed by atoms with Crippen molar-refractivity contribution in [1.82, 2.24) is 20.1 Å². The Labute approximate surface area is 209 Å². The number of benzene rings is 1. The van der Waals surface area contributed by atoms with Crippen molar-refractivity contribution in [1.29, 1.82) is 0 Å². The molecular formula is C26H31FN4O3S. The first-order chi connectivity index (χ1) is 17.0. The van der Waals surface area contributed by atoms with Crippen molar-refractivity contribution in [2.45, 2.75) is 36.8 Å². The summed E-state index contributed by atoms with van der Waals surface area (Å²) >= 11 is 1.73. The third-order valence-corrected chi connectivity index (χ3v) is 7.78. The van der Waals surface area contributed by atoms with Crippen LogP contribution in [0.2, 0.25) is 0 Å². The van der Waals surface area contributed by atoms with Crippen LogP contribution in [0.15, 0.2) is 53.8 Å². The second-order valence-electron chi connectivity index (χ2n) is 8.90. The number of carboxylic acid groups (broad SMARTS) is 1. The summed E-state index contributed by atoms with van der Waals surface area (Å²) in [5, 5.41) is 18.3. The fraction of sp³-hybridized carbons (Fsp3) is 0.462. The molecular weight excluding hydrogens is 467 g/mol. The Bertz CT molecular complexity index is 1120. The summed E-state index contributed by atoms with van der Waals surface area (Å²) in [7, 11) is 1.58. The zero-order valence-corrected chi connectivity index (χ0v) is 20.7. The summed E-state index contributed by atoms with van der Waals surface area (Å²) in [4.78, 5) is 19.7. The van der Waals surface area contributed by atoms with Crippen molar-refractivity contribution in [2.24, 2.45) is 11.8 Å². The number of likely N-dealkylation sites (tertiary alicyclic amines) is 1. The Balaban J connectivity index is 1.30. The van der Waals surface area contributed by atoms with Gasteiger partial charge in [-0.15, -0.1) is 11.8 Å². The molecule has 0 radical (unpaired) electrons. The number of hydrogen-bond donors (Lipinski definition) is 1. The quantitative estimate of drug-likeness (QED) is 0.291. The van der Waals surface area contributed by atoms with Gasteiger partial charge < -0.3 is 14.7 Å². The number of hydrogen-bond acceptors (Lipinski definition) is 7. The van der Waals surface area contributed by atoms with Crippen molar-refractivity contribution >= 4 is 28.6 Å². The number of rotatable bonds is 11. The van der Waals surface area contributed by atoms with E-state index in [4.69, 9.17) is 4.74 Å². The van der Waals surface area contributed by atoms with Crippen LogP contribution in [0.4, 0.5) is 4.39 Å². The normalized spacial score (nSPS) is 19.5. The Morgan fingerprint density at radius 1 is 1.29 bits per heavy atom. The maximum Gasteiger partial charge on any atom is 0.308 e.